The van der Waals surface area contributed by atoms with E-state index in [1.807, 2.05) is 70.5 Å². The summed E-state index contributed by atoms with van der Waals surface area (Å²) in [4.78, 5) is 81.3. The van der Waals surface area contributed by atoms with Crippen molar-refractivity contribution in [2.45, 2.75) is 123 Å². The molecular formula is C58H81F2N13O5S. The fourth-order valence-electron chi connectivity index (χ4n) is 11.8. The van der Waals surface area contributed by atoms with E-state index in [0.29, 0.717) is 70.0 Å². The summed E-state index contributed by atoms with van der Waals surface area (Å²) in [7, 11) is 0. The molecule has 4 aromatic rings. The molecule has 0 radical (unpaired) electrons. The van der Waals surface area contributed by atoms with Crippen LogP contribution in [0.15, 0.2) is 54.3 Å². The van der Waals surface area contributed by atoms with Gasteiger partial charge in [0.15, 0.2) is 0 Å². The van der Waals surface area contributed by atoms with Gasteiger partial charge in [0, 0.05) is 89.6 Å². The molecule has 0 bridgehead atoms. The molecule has 428 valence electrons. The van der Waals surface area contributed by atoms with Crippen molar-refractivity contribution >= 4 is 52.3 Å². The molecule has 0 saturated carbocycles. The number of likely N-dealkylation sites (tertiary alicyclic amines) is 2. The highest BCUT2D eigenvalue weighted by Gasteiger charge is 2.46. The number of thiazole rings is 1. The van der Waals surface area contributed by atoms with Gasteiger partial charge >= 0.3 is 0 Å². The number of aromatic nitrogens is 3. The van der Waals surface area contributed by atoms with Crippen LogP contribution in [0, 0.1) is 29.4 Å². The molecule has 1 spiro atoms. The number of hydrogen-bond acceptors (Lipinski definition) is 15. The van der Waals surface area contributed by atoms with E-state index in [0.717, 1.165) is 79.5 Å². The van der Waals surface area contributed by atoms with E-state index in [4.69, 9.17) is 0 Å². The first kappa shape index (κ1) is 57.8. The van der Waals surface area contributed by atoms with Crippen molar-refractivity contribution < 1.29 is 33.1 Å². The number of aliphatic hydroxyl groups excluding tert-OH is 1. The van der Waals surface area contributed by atoms with Crippen LogP contribution >= 0.6 is 11.3 Å². The highest BCUT2D eigenvalue weighted by molar-refractivity contribution is 7.13. The quantitative estimate of drug-likeness (QED) is 0.0824. The molecule has 5 fully saturated rings. The molecule has 5 saturated heterocycles. The smallest absolute Gasteiger partial charge is 0.246 e. The summed E-state index contributed by atoms with van der Waals surface area (Å²) in [6, 6.07) is 10.4. The monoisotopic (exact) mass is 1110 g/mol. The Balaban J connectivity index is 0.690. The molecule has 5 N–H and O–H groups in total. The number of piperidine rings is 2. The van der Waals surface area contributed by atoms with Gasteiger partial charge in [-0.25, -0.2) is 23.7 Å². The number of nitrogens with one attached hydrogen (secondary N) is 4. The lowest BCUT2D eigenvalue weighted by molar-refractivity contribution is -0.144. The second-order valence-corrected chi connectivity index (χ2v) is 25.4. The average molecular weight is 1110 g/mol. The van der Waals surface area contributed by atoms with Crippen molar-refractivity contribution in [1.29, 1.82) is 0 Å². The van der Waals surface area contributed by atoms with Gasteiger partial charge in [-0.1, -0.05) is 58.9 Å². The van der Waals surface area contributed by atoms with E-state index in [2.05, 4.69) is 69.7 Å². The zero-order chi connectivity index (χ0) is 56.2. The van der Waals surface area contributed by atoms with Crippen LogP contribution in [0.1, 0.15) is 103 Å². The van der Waals surface area contributed by atoms with Crippen molar-refractivity contribution in [2.24, 2.45) is 10.8 Å². The summed E-state index contributed by atoms with van der Waals surface area (Å²) in [6.07, 6.45) is 4.92. The van der Waals surface area contributed by atoms with E-state index in [1.165, 1.54) is 17.0 Å². The van der Waals surface area contributed by atoms with Gasteiger partial charge in [0.25, 0.3) is 0 Å². The van der Waals surface area contributed by atoms with Gasteiger partial charge in [-0.2, -0.15) is 0 Å². The number of aryl methyl sites for hydroxylation is 1. The van der Waals surface area contributed by atoms with Gasteiger partial charge in [-0.3, -0.25) is 29.0 Å². The van der Waals surface area contributed by atoms with Crippen molar-refractivity contribution in [3.05, 3.63) is 82.8 Å². The molecule has 79 heavy (non-hydrogen) atoms. The summed E-state index contributed by atoms with van der Waals surface area (Å²) in [5.74, 6) is -0.677. The number of nitrogens with zero attached hydrogens (tertiary/aromatic N) is 9. The number of aliphatic hydroxyl groups is 1. The number of β-amino-alcohol motifs (C(OH)–C–C–N with tert-alkyl or cyclic N) is 1. The molecule has 0 unspecified atom stereocenters. The third kappa shape index (κ3) is 14.4. The molecule has 2 aromatic carbocycles. The molecule has 4 amide bonds. The van der Waals surface area contributed by atoms with Gasteiger partial charge in [-0.05, 0) is 93.6 Å². The van der Waals surface area contributed by atoms with Crippen molar-refractivity contribution in [3.8, 4) is 10.4 Å². The predicted molar refractivity (Wildman–Crippen MR) is 304 cm³/mol. The lowest BCUT2D eigenvalue weighted by Gasteiger charge is -2.48. The fraction of sp³-hybridized carbons (Fsp3) is 0.603. The van der Waals surface area contributed by atoms with Crippen molar-refractivity contribution in [1.82, 2.24) is 50.5 Å². The number of rotatable bonds is 17. The average Bonchev–Trinajstić information content (AvgIpc) is 4.07. The SMILES string of the molecule is Cc1ncsc1-c1ccc([C@H](C)NC(=O)[C@@H]2C[C@@H](O)CN2C(=O)[C@@H](NC(=O)CN2CCN(CCCNc3cc(N4CCC5(CC4)CN(c4cc(F)c(CN6CCC(C)(C)CC6)cc4F)CC(=O)N5)ncn3)CC2)C(C)(C)C)cc1. The maximum absolute atomic E-state index is 15.7. The number of anilines is 3. The van der Waals surface area contributed by atoms with Crippen LogP contribution in [0.5, 0.6) is 0 Å². The summed E-state index contributed by atoms with van der Waals surface area (Å²) in [5, 5.41) is 23.5. The molecule has 9 rings (SSSR count). The maximum atomic E-state index is 15.7. The number of hydrogen-bond donors (Lipinski definition) is 5. The summed E-state index contributed by atoms with van der Waals surface area (Å²) < 4.78 is 31.3. The summed E-state index contributed by atoms with van der Waals surface area (Å²) >= 11 is 1.58. The van der Waals surface area contributed by atoms with Crippen LogP contribution in [0.3, 0.4) is 0 Å². The number of halogens is 2. The maximum Gasteiger partial charge on any atom is 0.246 e. The molecule has 4 atom stereocenters. The highest BCUT2D eigenvalue weighted by Crippen LogP contribution is 2.35. The van der Waals surface area contributed by atoms with Crippen LogP contribution in [-0.2, 0) is 25.7 Å². The minimum Gasteiger partial charge on any atom is -0.391 e. The highest BCUT2D eigenvalue weighted by atomic mass is 32.1. The Morgan fingerprint density at radius 3 is 2.27 bits per heavy atom. The predicted octanol–water partition coefficient (Wildman–Crippen LogP) is 5.57. The normalized spacial score (nSPS) is 21.9. The van der Waals surface area contributed by atoms with Crippen molar-refractivity contribution in [2.75, 3.05) is 107 Å². The number of benzene rings is 2. The van der Waals surface area contributed by atoms with E-state index in [9.17, 15) is 24.3 Å². The molecular weight excluding hydrogens is 1030 g/mol. The number of carbonyl (C=O) groups is 4. The minimum absolute atomic E-state index is 0.00245. The molecule has 21 heteroatoms. The largest absolute Gasteiger partial charge is 0.391 e. The number of amides is 4. The Bertz CT molecular complexity index is 2790. The van der Waals surface area contributed by atoms with Gasteiger partial charge < -0.3 is 46.0 Å². The Labute approximate surface area is 468 Å². The first-order valence-corrected chi connectivity index (χ1v) is 29.1. The van der Waals surface area contributed by atoms with Crippen molar-refractivity contribution in [3.63, 3.8) is 0 Å². The molecule has 18 nitrogen and oxygen atoms in total. The zero-order valence-corrected chi connectivity index (χ0v) is 47.9. The molecule has 5 aliphatic rings. The van der Waals surface area contributed by atoms with E-state index < -0.39 is 46.7 Å². The third-order valence-electron chi connectivity index (χ3n) is 16.8. The lowest BCUT2D eigenvalue weighted by Crippen LogP contribution is -2.66. The first-order valence-electron chi connectivity index (χ1n) is 28.2. The standard InChI is InChI=1S/C58H81F2N13O5S/c1-38(40-9-11-41(12-10-40)52-39(2)64-37-79-52)65-54(77)47-28-43(74)32-73(47)55(78)53(56(3,4)5)66-50(75)33-70-25-23-68(24-26-70)18-8-17-61-48-30-49(63-36-62-48)71-21-15-58(16-22-71)35-72(34-51(76)67-58)46-29-44(59)42(27-45(46)60)31-69-19-13-57(6,7)14-20-69/h9-12,27,29-30,36-38,43,47,53,74H,8,13-26,28,31-35H2,1-7H3,(H,65,77)(H,66,75)(H,67,76)(H,61,62,63)/t38-,43+,47-,53+/m0/s1. The van der Waals surface area contributed by atoms with Crippen LogP contribution in [0.25, 0.3) is 10.4 Å². The first-order chi connectivity index (χ1) is 37.6. The van der Waals surface area contributed by atoms with Gasteiger partial charge in [0.05, 0.1) is 52.5 Å². The van der Waals surface area contributed by atoms with Gasteiger partial charge in [0.1, 0.15) is 41.7 Å². The number of carbonyl (C=O) groups excluding carboxylic acids is 4. The molecule has 7 heterocycles. The second kappa shape index (κ2) is 24.5. The summed E-state index contributed by atoms with van der Waals surface area (Å²) in [6.45, 7) is 22.3. The second-order valence-electron chi connectivity index (χ2n) is 24.5. The van der Waals surface area contributed by atoms with Gasteiger partial charge in [0.2, 0.25) is 23.6 Å². The third-order valence-corrected chi connectivity index (χ3v) is 17.8. The lowest BCUT2D eigenvalue weighted by atomic mass is 9.82. The van der Waals surface area contributed by atoms with Crippen LogP contribution in [-0.4, -0.2) is 179 Å². The Morgan fingerprint density at radius 1 is 0.873 bits per heavy atom. The van der Waals surface area contributed by atoms with E-state index in [1.54, 1.807) is 22.6 Å². The number of piperazine rings is 2. The minimum atomic E-state index is -0.913. The molecule has 2 aromatic heterocycles. The molecule has 0 aliphatic carbocycles. The van der Waals surface area contributed by atoms with E-state index in [-0.39, 0.29) is 60.9 Å². The van der Waals surface area contributed by atoms with Gasteiger partial charge in [-0.15, -0.1) is 11.3 Å². The van der Waals surface area contributed by atoms with E-state index >= 15 is 8.78 Å². The summed E-state index contributed by atoms with van der Waals surface area (Å²) in [5.41, 5.74) is 4.22. The molecule has 5 aliphatic heterocycles. The fourth-order valence-corrected chi connectivity index (χ4v) is 12.6. The van der Waals surface area contributed by atoms with Crippen LogP contribution < -0.4 is 31.1 Å². The van der Waals surface area contributed by atoms with Crippen LogP contribution in [0.4, 0.5) is 26.1 Å². The van der Waals surface area contributed by atoms with Crippen LogP contribution in [0.2, 0.25) is 0 Å². The zero-order valence-electron chi connectivity index (χ0n) is 47.1. The topological polar surface area (TPSA) is 195 Å². The Morgan fingerprint density at radius 2 is 1.58 bits per heavy atom. The Hall–Kier alpha value is -5.87. The Kier molecular flexibility index (Phi) is 17.9.